The van der Waals surface area contributed by atoms with Gasteiger partial charge in [-0.3, -0.25) is 0 Å². The van der Waals surface area contributed by atoms with Crippen molar-refractivity contribution in [1.82, 2.24) is 0 Å². The fourth-order valence-corrected chi connectivity index (χ4v) is 9.36. The summed E-state index contributed by atoms with van der Waals surface area (Å²) >= 11 is 0. The Morgan fingerprint density at radius 3 is 2.38 bits per heavy atom. The minimum absolute atomic E-state index is 0.560. The maximum absolute atomic E-state index is 11.4. The van der Waals surface area contributed by atoms with Gasteiger partial charge < -0.3 is 22.6 Å². The highest BCUT2D eigenvalue weighted by Crippen LogP contribution is 2.01. The van der Waals surface area contributed by atoms with Crippen molar-refractivity contribution in [1.29, 1.82) is 0 Å². The lowest BCUT2D eigenvalue weighted by Crippen LogP contribution is -2.52. The SMILES string of the molecule is C[Si](O)(O[Si](=O)[Si](=O)[Si]O)c1ccccc1. The second-order valence-electron chi connectivity index (χ2n) is 3.18. The standard InChI is InChI=1S/C7H10O5Si4/c1-16(11,7-5-3-2-4-6-7)12-14(9)15(10)13-8/h2-6,8,11H,1H3. The summed E-state index contributed by atoms with van der Waals surface area (Å²) in [5, 5.41) is 0.560. The molecule has 1 aromatic rings. The minimum Gasteiger partial charge on any atom is -0.555 e. The molecule has 1 unspecified atom stereocenters. The topological polar surface area (TPSA) is 83.8 Å². The highest BCUT2D eigenvalue weighted by molar-refractivity contribution is 7.32. The van der Waals surface area contributed by atoms with Crippen molar-refractivity contribution in [2.75, 3.05) is 0 Å². The highest BCUT2D eigenvalue weighted by atomic mass is 29.6. The van der Waals surface area contributed by atoms with Crippen LogP contribution in [0.4, 0.5) is 0 Å². The molecule has 1 rings (SSSR count). The van der Waals surface area contributed by atoms with Gasteiger partial charge >= 0.3 is 24.7 Å². The molecule has 0 spiro atoms. The Hall–Kier alpha value is -0.592. The predicted molar refractivity (Wildman–Crippen MR) is 61.9 cm³/mol. The Bertz CT molecular complexity index is 393. The summed E-state index contributed by atoms with van der Waals surface area (Å²) in [6.07, 6.45) is 0. The van der Waals surface area contributed by atoms with Gasteiger partial charge in [0.25, 0.3) is 9.28 Å². The van der Waals surface area contributed by atoms with Crippen LogP contribution in [0.25, 0.3) is 0 Å². The van der Waals surface area contributed by atoms with Gasteiger partial charge in [0.2, 0.25) is 0 Å². The molecule has 2 N–H and O–H groups in total. The maximum Gasteiger partial charge on any atom is 0.528 e. The molecule has 1 aromatic carbocycles. The second-order valence-corrected chi connectivity index (χ2v) is 14.1. The average Bonchev–Trinajstić information content (AvgIpc) is 2.28. The highest BCUT2D eigenvalue weighted by Gasteiger charge is 2.37. The molecule has 0 saturated heterocycles. The van der Waals surface area contributed by atoms with E-state index in [9.17, 15) is 13.7 Å². The first-order valence-corrected chi connectivity index (χ1v) is 12.5. The molecule has 84 valence electrons. The summed E-state index contributed by atoms with van der Waals surface area (Å²) < 4.78 is 27.5. The zero-order valence-corrected chi connectivity index (χ0v) is 12.5. The zero-order chi connectivity index (χ0) is 12.2. The van der Waals surface area contributed by atoms with Crippen molar-refractivity contribution < 1.29 is 22.6 Å². The molecule has 0 amide bonds. The summed E-state index contributed by atoms with van der Waals surface area (Å²) in [5.74, 6) is 0. The average molecular weight is 286 g/mol. The number of hydrogen-bond donors (Lipinski definition) is 2. The first-order valence-electron chi connectivity index (χ1n) is 4.42. The molecule has 9 heteroatoms. The van der Waals surface area contributed by atoms with Crippen LogP contribution in [-0.2, 0) is 13.0 Å². The molecule has 0 aromatic heterocycles. The van der Waals surface area contributed by atoms with E-state index in [-0.39, 0.29) is 0 Å². The van der Waals surface area contributed by atoms with Gasteiger partial charge in [-0.1, -0.05) is 30.3 Å². The molecule has 0 bridgehead atoms. The van der Waals surface area contributed by atoms with Crippen molar-refractivity contribution >= 4 is 39.2 Å². The van der Waals surface area contributed by atoms with E-state index in [1.165, 1.54) is 6.55 Å². The number of hydrogen-bond acceptors (Lipinski definition) is 5. The summed E-state index contributed by atoms with van der Waals surface area (Å²) in [4.78, 5) is 18.7. The molecule has 5 nitrogen and oxygen atoms in total. The van der Waals surface area contributed by atoms with Crippen LogP contribution < -0.4 is 5.19 Å². The molecular formula is C7H10O5Si4. The Kier molecular flexibility index (Phi) is 4.76. The van der Waals surface area contributed by atoms with Crippen LogP contribution in [0, 0.1) is 0 Å². The molecular weight excluding hydrogens is 276 g/mol. The lowest BCUT2D eigenvalue weighted by molar-refractivity contribution is 0.379. The van der Waals surface area contributed by atoms with Crippen molar-refractivity contribution in [3.63, 3.8) is 0 Å². The molecule has 0 aliphatic heterocycles. The fraction of sp³-hybridized carbons (Fsp3) is 0.143. The third-order valence-electron chi connectivity index (χ3n) is 1.89. The first-order chi connectivity index (χ1) is 7.47. The van der Waals surface area contributed by atoms with Crippen LogP contribution in [-0.4, -0.2) is 43.6 Å². The van der Waals surface area contributed by atoms with E-state index in [1.54, 1.807) is 30.3 Å². The smallest absolute Gasteiger partial charge is 0.528 e. The third kappa shape index (κ3) is 3.46. The van der Waals surface area contributed by atoms with Gasteiger partial charge in [-0.05, 0) is 6.55 Å². The summed E-state index contributed by atoms with van der Waals surface area (Å²) in [7, 11) is -9.62. The Morgan fingerprint density at radius 1 is 1.31 bits per heavy atom. The summed E-state index contributed by atoms with van der Waals surface area (Å²) in [5.41, 5.74) is 0. The van der Waals surface area contributed by atoms with E-state index < -0.39 is 34.0 Å². The van der Waals surface area contributed by atoms with E-state index in [0.717, 1.165) is 0 Å². The largest absolute Gasteiger partial charge is 0.555 e. The van der Waals surface area contributed by atoms with Crippen molar-refractivity contribution in [3.8, 4) is 0 Å². The van der Waals surface area contributed by atoms with E-state index >= 15 is 0 Å². The van der Waals surface area contributed by atoms with Crippen LogP contribution in [0.1, 0.15) is 0 Å². The minimum atomic E-state index is -3.27. The predicted octanol–water partition coefficient (Wildman–Crippen LogP) is -1.50. The lowest BCUT2D eigenvalue weighted by atomic mass is 10.4. The molecule has 0 saturated carbocycles. The van der Waals surface area contributed by atoms with Crippen molar-refractivity contribution in [2.24, 2.45) is 0 Å². The lowest BCUT2D eigenvalue weighted by Gasteiger charge is -2.20. The van der Waals surface area contributed by atoms with Crippen molar-refractivity contribution in [3.05, 3.63) is 30.3 Å². The van der Waals surface area contributed by atoms with Crippen LogP contribution in [0.2, 0.25) is 6.55 Å². The molecule has 16 heavy (non-hydrogen) atoms. The van der Waals surface area contributed by atoms with Gasteiger partial charge in [0.1, 0.15) is 0 Å². The number of benzene rings is 1. The maximum atomic E-state index is 11.4. The van der Waals surface area contributed by atoms with Gasteiger partial charge in [0, 0.05) is 5.19 Å². The summed E-state index contributed by atoms with van der Waals surface area (Å²) in [6.45, 7) is 1.46. The van der Waals surface area contributed by atoms with Crippen molar-refractivity contribution in [2.45, 2.75) is 6.55 Å². The first kappa shape index (κ1) is 13.5. The molecule has 0 heterocycles. The van der Waals surface area contributed by atoms with Gasteiger partial charge in [0.15, 0.2) is 0 Å². The Balaban J connectivity index is 2.80. The quantitative estimate of drug-likeness (QED) is 0.644. The van der Waals surface area contributed by atoms with E-state index in [4.69, 9.17) is 8.91 Å². The molecule has 0 fully saturated rings. The summed E-state index contributed by atoms with van der Waals surface area (Å²) in [6, 6.07) is 8.58. The molecule has 0 aliphatic rings. The number of rotatable bonds is 5. The van der Waals surface area contributed by atoms with Gasteiger partial charge in [0.05, 0.1) is 0 Å². The Morgan fingerprint density at radius 2 is 1.88 bits per heavy atom. The zero-order valence-electron chi connectivity index (χ0n) is 8.51. The molecule has 0 aliphatic carbocycles. The van der Waals surface area contributed by atoms with Gasteiger partial charge in [-0.15, -0.1) is 0 Å². The van der Waals surface area contributed by atoms with Crippen LogP contribution in [0.15, 0.2) is 30.3 Å². The molecule has 1 atom stereocenters. The third-order valence-corrected chi connectivity index (χ3v) is 11.7. The van der Waals surface area contributed by atoms with Gasteiger partial charge in [-0.25, -0.2) is 0 Å². The normalized spacial score (nSPS) is 13.9. The van der Waals surface area contributed by atoms with Crippen LogP contribution in [0.5, 0.6) is 0 Å². The monoisotopic (exact) mass is 286 g/mol. The van der Waals surface area contributed by atoms with Crippen LogP contribution >= 0.6 is 0 Å². The fourth-order valence-electron chi connectivity index (χ4n) is 1.08. The second kappa shape index (κ2) is 5.65. The van der Waals surface area contributed by atoms with Crippen LogP contribution in [0.3, 0.4) is 0 Å². The Labute approximate surface area is 98.9 Å². The van der Waals surface area contributed by atoms with E-state index in [2.05, 4.69) is 0 Å². The van der Waals surface area contributed by atoms with Gasteiger partial charge in [-0.2, -0.15) is 0 Å². The van der Waals surface area contributed by atoms with E-state index in [1.807, 2.05) is 0 Å². The molecule has 2 radical (unpaired) electrons. The van der Waals surface area contributed by atoms with E-state index in [0.29, 0.717) is 5.19 Å².